The van der Waals surface area contributed by atoms with Crippen molar-refractivity contribution < 1.29 is 13.7 Å². The second-order valence-corrected chi connectivity index (χ2v) is 5.31. The van der Waals surface area contributed by atoms with E-state index in [9.17, 15) is 9.00 Å². The molecule has 1 unspecified atom stereocenters. The maximum Gasteiger partial charge on any atom is 0.148 e. The van der Waals surface area contributed by atoms with Crippen LogP contribution in [0.3, 0.4) is 0 Å². The van der Waals surface area contributed by atoms with Crippen LogP contribution in [0.4, 0.5) is 0 Å². The minimum Gasteiger partial charge on any atom is -0.384 e. The monoisotopic (exact) mass is 218 g/mol. The van der Waals surface area contributed by atoms with Gasteiger partial charge in [-0.15, -0.1) is 0 Å². The molecule has 14 heavy (non-hydrogen) atoms. The summed E-state index contributed by atoms with van der Waals surface area (Å²) in [6.07, 6.45) is 4.31. The van der Waals surface area contributed by atoms with Gasteiger partial charge in [-0.1, -0.05) is 12.8 Å². The number of rotatable bonds is 6. The largest absolute Gasteiger partial charge is 0.384 e. The van der Waals surface area contributed by atoms with Gasteiger partial charge < -0.3 is 4.74 Å². The van der Waals surface area contributed by atoms with Gasteiger partial charge in [-0.05, 0) is 12.8 Å². The lowest BCUT2D eigenvalue weighted by atomic mass is 10.0. The third-order valence-corrected chi connectivity index (χ3v) is 3.86. The smallest absolute Gasteiger partial charge is 0.148 e. The van der Waals surface area contributed by atoms with E-state index in [0.717, 1.165) is 25.7 Å². The van der Waals surface area contributed by atoms with Gasteiger partial charge in [-0.3, -0.25) is 9.00 Å². The molecule has 0 aliphatic heterocycles. The van der Waals surface area contributed by atoms with E-state index in [2.05, 4.69) is 0 Å². The van der Waals surface area contributed by atoms with E-state index in [4.69, 9.17) is 4.74 Å². The first kappa shape index (κ1) is 11.9. The summed E-state index contributed by atoms with van der Waals surface area (Å²) < 4.78 is 16.2. The summed E-state index contributed by atoms with van der Waals surface area (Å²) in [6, 6.07) is 0. The fraction of sp³-hybridized carbons (Fsp3) is 0.900. The van der Waals surface area contributed by atoms with Crippen molar-refractivity contribution in [2.45, 2.75) is 25.7 Å². The molecule has 1 fully saturated rings. The zero-order valence-corrected chi connectivity index (χ0v) is 9.48. The highest BCUT2D eigenvalue weighted by atomic mass is 32.2. The van der Waals surface area contributed by atoms with Crippen molar-refractivity contribution >= 4 is 16.6 Å². The van der Waals surface area contributed by atoms with E-state index in [-0.39, 0.29) is 17.5 Å². The molecule has 4 heteroatoms. The lowest BCUT2D eigenvalue weighted by Crippen LogP contribution is -2.21. The van der Waals surface area contributed by atoms with Crippen molar-refractivity contribution in [3.63, 3.8) is 0 Å². The fourth-order valence-corrected chi connectivity index (χ4v) is 2.82. The highest BCUT2D eigenvalue weighted by Crippen LogP contribution is 2.25. The summed E-state index contributed by atoms with van der Waals surface area (Å²) in [5.74, 6) is 1.10. The van der Waals surface area contributed by atoms with Gasteiger partial charge in [0.05, 0.1) is 12.4 Å². The summed E-state index contributed by atoms with van der Waals surface area (Å²) in [6.45, 7) is 0.477. The van der Waals surface area contributed by atoms with E-state index in [1.165, 1.54) is 0 Å². The molecule has 0 aromatic heterocycles. The van der Waals surface area contributed by atoms with Crippen molar-refractivity contribution in [3.05, 3.63) is 0 Å². The first-order valence-electron chi connectivity index (χ1n) is 5.10. The third kappa shape index (κ3) is 3.88. The number of ether oxygens (including phenoxy) is 1. The normalized spacial score (nSPS) is 19.8. The molecule has 0 aromatic carbocycles. The minimum atomic E-state index is -1.02. The predicted molar refractivity (Wildman–Crippen MR) is 56.7 cm³/mol. The molecule has 0 bridgehead atoms. The topological polar surface area (TPSA) is 43.4 Å². The summed E-state index contributed by atoms with van der Waals surface area (Å²) in [5, 5.41) is 0. The summed E-state index contributed by atoms with van der Waals surface area (Å²) in [4.78, 5) is 11.6. The van der Waals surface area contributed by atoms with Gasteiger partial charge in [0.2, 0.25) is 0 Å². The van der Waals surface area contributed by atoms with Crippen molar-refractivity contribution in [2.75, 3.05) is 25.2 Å². The number of Topliss-reactive ketones (excluding diaryl/α,β-unsaturated/α-hetero) is 1. The first-order chi connectivity index (χ1) is 6.74. The molecule has 0 N–H and O–H groups in total. The molecular weight excluding hydrogens is 200 g/mol. The summed E-state index contributed by atoms with van der Waals surface area (Å²) in [5.41, 5.74) is 0. The standard InChI is InChI=1S/C10H18O3S/c1-13-6-7-14(12)8-10(11)9-4-2-3-5-9/h9H,2-8H2,1H3. The Morgan fingerprint density at radius 2 is 2.07 bits per heavy atom. The molecule has 0 spiro atoms. The number of carbonyl (C=O) groups is 1. The number of hydrogen-bond donors (Lipinski definition) is 0. The van der Waals surface area contributed by atoms with Crippen molar-refractivity contribution in [3.8, 4) is 0 Å². The molecule has 0 aromatic rings. The third-order valence-electron chi connectivity index (χ3n) is 2.63. The minimum absolute atomic E-state index is 0.192. The molecule has 0 radical (unpaired) electrons. The molecule has 0 heterocycles. The van der Waals surface area contributed by atoms with Crippen LogP contribution < -0.4 is 0 Å². The van der Waals surface area contributed by atoms with Crippen LogP contribution in [0.5, 0.6) is 0 Å². The Morgan fingerprint density at radius 3 is 2.64 bits per heavy atom. The first-order valence-corrected chi connectivity index (χ1v) is 6.59. The van der Waals surface area contributed by atoms with Crippen LogP contribution in [0.2, 0.25) is 0 Å². The number of carbonyl (C=O) groups excluding carboxylic acids is 1. The van der Waals surface area contributed by atoms with Crippen molar-refractivity contribution in [2.24, 2.45) is 5.92 Å². The average molecular weight is 218 g/mol. The van der Waals surface area contributed by atoms with Crippen LogP contribution in [0.1, 0.15) is 25.7 Å². The van der Waals surface area contributed by atoms with Crippen LogP contribution in [-0.4, -0.2) is 35.2 Å². The van der Waals surface area contributed by atoms with Crippen molar-refractivity contribution in [1.82, 2.24) is 0 Å². The molecule has 82 valence electrons. The van der Waals surface area contributed by atoms with Crippen LogP contribution >= 0.6 is 0 Å². The Balaban J connectivity index is 2.21. The summed E-state index contributed by atoms with van der Waals surface area (Å²) in [7, 11) is 0.559. The zero-order valence-electron chi connectivity index (χ0n) is 8.66. The van der Waals surface area contributed by atoms with Gasteiger partial charge >= 0.3 is 0 Å². The Hall–Kier alpha value is -0.220. The van der Waals surface area contributed by atoms with Crippen molar-refractivity contribution in [1.29, 1.82) is 0 Å². The lowest BCUT2D eigenvalue weighted by Gasteiger charge is -2.06. The van der Waals surface area contributed by atoms with Gasteiger partial charge in [0.1, 0.15) is 5.78 Å². The molecule has 0 amide bonds. The summed E-state index contributed by atoms with van der Waals surface area (Å²) >= 11 is 0. The molecule has 1 rings (SSSR count). The maximum atomic E-state index is 11.6. The van der Waals surface area contributed by atoms with E-state index in [0.29, 0.717) is 12.4 Å². The quantitative estimate of drug-likeness (QED) is 0.671. The molecule has 1 aliphatic carbocycles. The number of ketones is 1. The van der Waals surface area contributed by atoms with Gasteiger partial charge in [-0.2, -0.15) is 0 Å². The average Bonchev–Trinajstić information content (AvgIpc) is 2.67. The SMILES string of the molecule is COCCS(=O)CC(=O)C1CCCC1. The van der Waals surface area contributed by atoms with E-state index in [1.807, 2.05) is 0 Å². The highest BCUT2D eigenvalue weighted by molar-refractivity contribution is 7.85. The highest BCUT2D eigenvalue weighted by Gasteiger charge is 2.23. The van der Waals surface area contributed by atoms with Crippen LogP contribution in [0.25, 0.3) is 0 Å². The molecule has 3 nitrogen and oxygen atoms in total. The number of methoxy groups -OCH3 is 1. The second kappa shape index (κ2) is 6.30. The lowest BCUT2D eigenvalue weighted by molar-refractivity contribution is -0.120. The Bertz CT molecular complexity index is 209. The molecule has 1 aliphatic rings. The molecule has 1 atom stereocenters. The Morgan fingerprint density at radius 1 is 1.43 bits per heavy atom. The van der Waals surface area contributed by atoms with E-state index >= 15 is 0 Å². The second-order valence-electron chi connectivity index (χ2n) is 3.73. The Labute approximate surface area is 87.7 Å². The van der Waals surface area contributed by atoms with Gasteiger partial charge in [0.15, 0.2) is 0 Å². The predicted octanol–water partition coefficient (Wildman–Crippen LogP) is 1.14. The van der Waals surface area contributed by atoms with Crippen LogP contribution in [0, 0.1) is 5.92 Å². The van der Waals surface area contributed by atoms with E-state index < -0.39 is 10.8 Å². The van der Waals surface area contributed by atoms with Gasteiger partial charge in [0.25, 0.3) is 0 Å². The van der Waals surface area contributed by atoms with Gasteiger partial charge in [0, 0.05) is 29.6 Å². The molecule has 1 saturated carbocycles. The number of hydrogen-bond acceptors (Lipinski definition) is 3. The van der Waals surface area contributed by atoms with Gasteiger partial charge in [-0.25, -0.2) is 0 Å². The zero-order chi connectivity index (χ0) is 10.4. The van der Waals surface area contributed by atoms with Crippen LogP contribution in [0.15, 0.2) is 0 Å². The Kier molecular flexibility index (Phi) is 5.33. The fourth-order valence-electron chi connectivity index (χ4n) is 1.77. The maximum absolute atomic E-state index is 11.6. The molecular formula is C10H18O3S. The van der Waals surface area contributed by atoms with Crippen LogP contribution in [-0.2, 0) is 20.3 Å². The molecule has 0 saturated heterocycles. The van der Waals surface area contributed by atoms with E-state index in [1.54, 1.807) is 7.11 Å².